The summed E-state index contributed by atoms with van der Waals surface area (Å²) in [4.78, 5) is 11.4. The van der Waals surface area contributed by atoms with E-state index in [9.17, 15) is 10.1 Å². The zero-order valence-electron chi connectivity index (χ0n) is 11.8. The predicted molar refractivity (Wildman–Crippen MR) is 89.4 cm³/mol. The monoisotopic (exact) mass is 371 g/mol. The molecule has 0 saturated heterocycles. The number of hydrogen-bond acceptors (Lipinski definition) is 5. The first-order valence-corrected chi connectivity index (χ1v) is 8.38. The van der Waals surface area contributed by atoms with Crippen LogP contribution in [0.4, 0.5) is 5.69 Å². The van der Waals surface area contributed by atoms with Gasteiger partial charge in [-0.3, -0.25) is 10.1 Å². The SMILES string of the molecule is O=[N+]([O-])c1cc2c(c(CSc3c(Cl)cccc3Cl)c1)OCOC2. The highest BCUT2D eigenvalue weighted by molar-refractivity contribution is 7.98. The van der Waals surface area contributed by atoms with Crippen LogP contribution >= 0.6 is 35.0 Å². The quantitative estimate of drug-likeness (QED) is 0.427. The van der Waals surface area contributed by atoms with Crippen LogP contribution in [0.3, 0.4) is 0 Å². The third-order valence-corrected chi connectivity index (χ3v) is 5.31. The van der Waals surface area contributed by atoms with Crippen molar-refractivity contribution in [2.75, 3.05) is 6.79 Å². The number of benzene rings is 2. The molecule has 0 bridgehead atoms. The summed E-state index contributed by atoms with van der Waals surface area (Å²) in [6, 6.07) is 8.27. The number of rotatable bonds is 4. The van der Waals surface area contributed by atoms with Crippen LogP contribution in [0.15, 0.2) is 35.2 Å². The molecule has 0 N–H and O–H groups in total. The van der Waals surface area contributed by atoms with Crippen LogP contribution in [0.25, 0.3) is 0 Å². The van der Waals surface area contributed by atoms with Gasteiger partial charge in [-0.05, 0) is 12.1 Å². The second-order valence-corrected chi connectivity index (χ2v) is 6.60. The van der Waals surface area contributed by atoms with Crippen LogP contribution in [-0.2, 0) is 17.1 Å². The molecule has 0 unspecified atom stereocenters. The largest absolute Gasteiger partial charge is 0.467 e. The van der Waals surface area contributed by atoms with E-state index < -0.39 is 4.92 Å². The first kappa shape index (κ1) is 16.4. The van der Waals surface area contributed by atoms with Crippen molar-refractivity contribution in [3.05, 3.63) is 61.6 Å². The summed E-state index contributed by atoms with van der Waals surface area (Å²) in [6.07, 6.45) is 0. The van der Waals surface area contributed by atoms with Gasteiger partial charge >= 0.3 is 0 Å². The molecule has 0 aromatic heterocycles. The minimum absolute atomic E-state index is 0.0127. The van der Waals surface area contributed by atoms with Gasteiger partial charge in [-0.1, -0.05) is 29.3 Å². The Balaban J connectivity index is 1.93. The number of non-ortho nitro benzene ring substituents is 1. The lowest BCUT2D eigenvalue weighted by Crippen LogP contribution is -2.13. The fourth-order valence-corrected chi connectivity index (χ4v) is 3.91. The van der Waals surface area contributed by atoms with E-state index in [0.29, 0.717) is 33.7 Å². The third-order valence-electron chi connectivity index (χ3n) is 3.27. The highest BCUT2D eigenvalue weighted by Crippen LogP contribution is 2.40. The number of nitrogens with zero attached hydrogens (tertiary/aromatic N) is 1. The second-order valence-electron chi connectivity index (χ2n) is 4.80. The molecule has 0 spiro atoms. The van der Waals surface area contributed by atoms with Gasteiger partial charge in [-0.2, -0.15) is 0 Å². The lowest BCUT2D eigenvalue weighted by Gasteiger charge is -2.20. The Morgan fingerprint density at radius 1 is 1.26 bits per heavy atom. The molecule has 2 aromatic carbocycles. The first-order valence-electron chi connectivity index (χ1n) is 6.64. The van der Waals surface area contributed by atoms with E-state index in [-0.39, 0.29) is 12.5 Å². The van der Waals surface area contributed by atoms with Crippen molar-refractivity contribution in [3.8, 4) is 5.75 Å². The van der Waals surface area contributed by atoms with E-state index in [2.05, 4.69) is 0 Å². The van der Waals surface area contributed by atoms with Crippen LogP contribution in [-0.4, -0.2) is 11.7 Å². The van der Waals surface area contributed by atoms with Crippen LogP contribution < -0.4 is 4.74 Å². The van der Waals surface area contributed by atoms with Crippen molar-refractivity contribution in [1.82, 2.24) is 0 Å². The van der Waals surface area contributed by atoms with E-state index in [1.165, 1.54) is 23.9 Å². The van der Waals surface area contributed by atoms with Gasteiger partial charge in [0, 0.05) is 33.9 Å². The highest BCUT2D eigenvalue weighted by Gasteiger charge is 2.21. The standard InChI is InChI=1S/C15H11Cl2NO4S/c16-12-2-1-3-13(17)15(12)23-7-10-5-11(18(19)20)4-9-6-21-8-22-14(9)10/h1-5H,6-8H2. The maximum Gasteiger partial charge on any atom is 0.270 e. The molecule has 0 amide bonds. The summed E-state index contributed by atoms with van der Waals surface area (Å²) in [5.74, 6) is 1.09. The normalized spacial score (nSPS) is 13.3. The molecular weight excluding hydrogens is 361 g/mol. The Hall–Kier alpha value is -1.47. The summed E-state index contributed by atoms with van der Waals surface area (Å²) in [5.41, 5.74) is 1.41. The smallest absolute Gasteiger partial charge is 0.270 e. The fraction of sp³-hybridized carbons (Fsp3) is 0.200. The number of thioether (sulfide) groups is 1. The molecule has 0 saturated carbocycles. The van der Waals surface area contributed by atoms with Crippen molar-refractivity contribution in [1.29, 1.82) is 0 Å². The number of hydrogen-bond donors (Lipinski definition) is 0. The Labute approximate surface area is 146 Å². The van der Waals surface area contributed by atoms with E-state index in [1.54, 1.807) is 18.2 Å². The second kappa shape index (κ2) is 6.97. The van der Waals surface area contributed by atoms with Crippen molar-refractivity contribution in [2.45, 2.75) is 17.3 Å². The molecule has 5 nitrogen and oxygen atoms in total. The van der Waals surface area contributed by atoms with Gasteiger partial charge in [0.2, 0.25) is 0 Å². The van der Waals surface area contributed by atoms with Crippen LogP contribution in [0.2, 0.25) is 10.0 Å². The topological polar surface area (TPSA) is 61.6 Å². The first-order chi connectivity index (χ1) is 11.1. The van der Waals surface area contributed by atoms with E-state index in [0.717, 1.165) is 10.5 Å². The van der Waals surface area contributed by atoms with Crippen LogP contribution in [0, 0.1) is 10.1 Å². The third kappa shape index (κ3) is 3.55. The minimum Gasteiger partial charge on any atom is -0.467 e. The molecule has 23 heavy (non-hydrogen) atoms. The number of nitro benzene ring substituents is 1. The summed E-state index contributed by atoms with van der Waals surface area (Å²) >= 11 is 13.7. The molecule has 1 aliphatic rings. The molecule has 120 valence electrons. The van der Waals surface area contributed by atoms with E-state index in [4.69, 9.17) is 32.7 Å². The maximum absolute atomic E-state index is 11.1. The lowest BCUT2D eigenvalue weighted by atomic mass is 10.1. The van der Waals surface area contributed by atoms with Gasteiger partial charge in [0.1, 0.15) is 5.75 Å². The van der Waals surface area contributed by atoms with Crippen molar-refractivity contribution >= 4 is 40.7 Å². The van der Waals surface area contributed by atoms with Gasteiger partial charge < -0.3 is 9.47 Å². The molecule has 3 rings (SSSR count). The average Bonchev–Trinajstić information content (AvgIpc) is 2.54. The Bertz CT molecular complexity index is 749. The zero-order chi connectivity index (χ0) is 16.4. The lowest BCUT2D eigenvalue weighted by molar-refractivity contribution is -0.385. The maximum atomic E-state index is 11.1. The van der Waals surface area contributed by atoms with E-state index in [1.807, 2.05) is 0 Å². The molecule has 8 heteroatoms. The molecule has 0 aliphatic carbocycles. The van der Waals surface area contributed by atoms with Gasteiger partial charge in [-0.15, -0.1) is 11.8 Å². The van der Waals surface area contributed by atoms with Gasteiger partial charge in [0.15, 0.2) is 6.79 Å². The molecule has 0 radical (unpaired) electrons. The average molecular weight is 372 g/mol. The van der Waals surface area contributed by atoms with Crippen molar-refractivity contribution < 1.29 is 14.4 Å². The number of nitro groups is 1. The molecular formula is C15H11Cl2NO4S. The fourth-order valence-electron chi connectivity index (χ4n) is 2.26. The minimum atomic E-state index is -0.425. The summed E-state index contributed by atoms with van der Waals surface area (Å²) < 4.78 is 10.7. The van der Waals surface area contributed by atoms with Crippen molar-refractivity contribution in [2.24, 2.45) is 0 Å². The molecule has 1 aliphatic heterocycles. The number of ether oxygens (including phenoxy) is 2. The summed E-state index contributed by atoms with van der Waals surface area (Å²) in [7, 11) is 0. The molecule has 2 aromatic rings. The Morgan fingerprint density at radius 2 is 2.00 bits per heavy atom. The van der Waals surface area contributed by atoms with Crippen LogP contribution in [0.1, 0.15) is 11.1 Å². The Kier molecular flexibility index (Phi) is 4.96. The zero-order valence-corrected chi connectivity index (χ0v) is 14.1. The van der Waals surface area contributed by atoms with Gasteiger partial charge in [0.25, 0.3) is 5.69 Å². The highest BCUT2D eigenvalue weighted by atomic mass is 35.5. The van der Waals surface area contributed by atoms with Crippen molar-refractivity contribution in [3.63, 3.8) is 0 Å². The number of fused-ring (bicyclic) bond motifs is 1. The number of halogens is 2. The molecule has 0 atom stereocenters. The van der Waals surface area contributed by atoms with Gasteiger partial charge in [-0.25, -0.2) is 0 Å². The predicted octanol–water partition coefficient (Wildman–Crippen LogP) is 5.06. The summed E-state index contributed by atoms with van der Waals surface area (Å²) in [5, 5.41) is 12.2. The summed E-state index contributed by atoms with van der Waals surface area (Å²) in [6.45, 7) is 0.427. The Morgan fingerprint density at radius 3 is 2.70 bits per heavy atom. The van der Waals surface area contributed by atoms with Gasteiger partial charge in [0.05, 0.1) is 21.6 Å². The molecule has 1 heterocycles. The van der Waals surface area contributed by atoms with E-state index >= 15 is 0 Å². The molecule has 0 fully saturated rings. The van der Waals surface area contributed by atoms with Crippen LogP contribution in [0.5, 0.6) is 5.75 Å².